The fraction of sp³-hybridized carbons (Fsp3) is 0.0769. The van der Waals surface area contributed by atoms with Crippen LogP contribution in [-0.4, -0.2) is 23.2 Å². The van der Waals surface area contributed by atoms with Crippen molar-refractivity contribution in [2.24, 2.45) is 0 Å². The minimum Gasteiger partial charge on any atom is -0.507 e. The molecule has 0 aliphatic heterocycles. The molecule has 0 fully saturated rings. The summed E-state index contributed by atoms with van der Waals surface area (Å²) in [5.41, 5.74) is 2.40. The number of hydrogen-bond acceptors (Lipinski definition) is 4. The molecule has 5 heteroatoms. The maximum Gasteiger partial charge on any atom is 0.146 e. The lowest BCUT2D eigenvalue weighted by atomic mass is 9.97. The van der Waals surface area contributed by atoms with E-state index < -0.39 is 0 Å². The van der Waals surface area contributed by atoms with Crippen LogP contribution in [0.15, 0.2) is 35.7 Å². The Hall–Kier alpha value is -1.88. The quantitative estimate of drug-likeness (QED) is 0.713. The number of aromatic hydroxyl groups is 1. The number of phenolic OH excluding ortho intramolecular Hbond substituents is 1. The Morgan fingerprint density at radius 1 is 1.22 bits per heavy atom. The Kier molecular flexibility index (Phi) is 2.76. The average molecular weight is 252 g/mol. The first-order chi connectivity index (χ1) is 8.79. The fourth-order valence-corrected chi connectivity index (χ4v) is 2.75. The van der Waals surface area contributed by atoms with E-state index in [0.717, 1.165) is 15.8 Å². The molecule has 0 amide bonds. The molecule has 0 saturated carbocycles. The van der Waals surface area contributed by atoms with Gasteiger partial charge in [-0.3, -0.25) is 0 Å². The third kappa shape index (κ3) is 1.77. The second-order valence-electron chi connectivity index (χ2n) is 3.93. The SMILES string of the molecule is [B]Cc1csc2nnc(-c3ccccc3O)cc12. The number of fused-ring (bicyclic) bond motifs is 1. The van der Waals surface area contributed by atoms with Gasteiger partial charge in [-0.15, -0.1) is 21.5 Å². The van der Waals surface area contributed by atoms with Gasteiger partial charge < -0.3 is 5.11 Å². The summed E-state index contributed by atoms with van der Waals surface area (Å²) in [7, 11) is 5.69. The molecule has 1 aromatic carbocycles. The van der Waals surface area contributed by atoms with E-state index in [9.17, 15) is 5.11 Å². The lowest BCUT2D eigenvalue weighted by Gasteiger charge is -2.03. The molecular formula is C13H9BN2OS. The molecule has 18 heavy (non-hydrogen) atoms. The van der Waals surface area contributed by atoms with Crippen molar-refractivity contribution in [3.8, 4) is 17.0 Å². The predicted octanol–water partition coefficient (Wildman–Crippen LogP) is 2.73. The lowest BCUT2D eigenvalue weighted by molar-refractivity contribution is 0.477. The molecular weight excluding hydrogens is 243 g/mol. The summed E-state index contributed by atoms with van der Waals surface area (Å²) in [4.78, 5) is 0.870. The fourth-order valence-electron chi connectivity index (χ4n) is 1.87. The summed E-state index contributed by atoms with van der Waals surface area (Å²) in [5, 5.41) is 21.1. The summed E-state index contributed by atoms with van der Waals surface area (Å²) in [6.45, 7) is 0. The molecule has 0 aliphatic carbocycles. The Bertz CT molecular complexity index is 711. The second-order valence-corrected chi connectivity index (χ2v) is 4.79. The van der Waals surface area contributed by atoms with E-state index in [2.05, 4.69) is 10.2 Å². The second kappa shape index (κ2) is 4.42. The van der Waals surface area contributed by atoms with Crippen LogP contribution in [0.3, 0.4) is 0 Å². The van der Waals surface area contributed by atoms with Gasteiger partial charge in [0.25, 0.3) is 0 Å². The van der Waals surface area contributed by atoms with Gasteiger partial charge in [-0.1, -0.05) is 18.5 Å². The van der Waals surface area contributed by atoms with Gasteiger partial charge in [0.05, 0.1) is 13.5 Å². The standard InChI is InChI=1S/C13H9BN2OS/c14-6-8-7-18-13-10(8)5-11(15-16-13)9-3-1-2-4-12(9)17/h1-5,7,17H,6H2. The molecule has 0 aliphatic rings. The van der Waals surface area contributed by atoms with Crippen LogP contribution in [0, 0.1) is 0 Å². The maximum absolute atomic E-state index is 9.82. The first-order valence-electron chi connectivity index (χ1n) is 5.52. The first-order valence-corrected chi connectivity index (χ1v) is 6.40. The topological polar surface area (TPSA) is 46.0 Å². The summed E-state index contributed by atoms with van der Waals surface area (Å²) in [6, 6.07) is 9.02. The summed E-state index contributed by atoms with van der Waals surface area (Å²) in [6.07, 6.45) is 0.478. The van der Waals surface area contributed by atoms with Gasteiger partial charge in [0.1, 0.15) is 10.6 Å². The normalized spacial score (nSPS) is 10.9. The molecule has 0 saturated heterocycles. The van der Waals surface area contributed by atoms with E-state index in [1.165, 1.54) is 11.3 Å². The van der Waals surface area contributed by atoms with Crippen LogP contribution in [0.4, 0.5) is 0 Å². The van der Waals surface area contributed by atoms with E-state index in [4.69, 9.17) is 7.85 Å². The molecule has 2 aromatic heterocycles. The summed E-state index contributed by atoms with van der Waals surface area (Å²) < 4.78 is 0. The molecule has 2 heterocycles. The number of nitrogens with zero attached hydrogens (tertiary/aromatic N) is 2. The van der Waals surface area contributed by atoms with Crippen molar-refractivity contribution in [3.05, 3.63) is 41.3 Å². The minimum absolute atomic E-state index is 0.204. The number of phenols is 1. The highest BCUT2D eigenvalue weighted by molar-refractivity contribution is 7.16. The number of para-hydroxylation sites is 1. The molecule has 0 bridgehead atoms. The molecule has 2 radical (unpaired) electrons. The maximum atomic E-state index is 9.82. The van der Waals surface area contributed by atoms with Gasteiger partial charge in [-0.2, -0.15) is 0 Å². The minimum atomic E-state index is 0.204. The van der Waals surface area contributed by atoms with E-state index >= 15 is 0 Å². The Balaban J connectivity index is 2.21. The largest absolute Gasteiger partial charge is 0.507 e. The third-order valence-electron chi connectivity index (χ3n) is 2.82. The number of benzene rings is 1. The van der Waals surface area contributed by atoms with Crippen molar-refractivity contribution in [2.75, 3.05) is 0 Å². The van der Waals surface area contributed by atoms with Crippen molar-refractivity contribution < 1.29 is 5.11 Å². The predicted molar refractivity (Wildman–Crippen MR) is 74.0 cm³/mol. The van der Waals surface area contributed by atoms with Crippen LogP contribution >= 0.6 is 11.3 Å². The van der Waals surface area contributed by atoms with Crippen LogP contribution in [0.1, 0.15) is 5.56 Å². The van der Waals surface area contributed by atoms with Crippen molar-refractivity contribution >= 4 is 29.4 Å². The molecule has 3 rings (SSSR count). The van der Waals surface area contributed by atoms with Gasteiger partial charge in [0, 0.05) is 10.9 Å². The summed E-state index contributed by atoms with van der Waals surface area (Å²) >= 11 is 1.53. The monoisotopic (exact) mass is 252 g/mol. The van der Waals surface area contributed by atoms with E-state index in [1.54, 1.807) is 12.1 Å². The Labute approximate surface area is 110 Å². The smallest absolute Gasteiger partial charge is 0.146 e. The lowest BCUT2D eigenvalue weighted by Crippen LogP contribution is -1.89. The van der Waals surface area contributed by atoms with Crippen LogP contribution < -0.4 is 0 Å². The van der Waals surface area contributed by atoms with Crippen LogP contribution in [-0.2, 0) is 6.32 Å². The van der Waals surface area contributed by atoms with Gasteiger partial charge in [0.2, 0.25) is 0 Å². The van der Waals surface area contributed by atoms with Crippen molar-refractivity contribution in [1.82, 2.24) is 10.2 Å². The first kappa shape index (κ1) is 11.2. The zero-order valence-electron chi connectivity index (χ0n) is 9.50. The molecule has 3 nitrogen and oxygen atoms in total. The Morgan fingerprint density at radius 2 is 2.06 bits per heavy atom. The number of thiophene rings is 1. The molecule has 0 atom stereocenters. The van der Waals surface area contributed by atoms with Gasteiger partial charge >= 0.3 is 0 Å². The number of rotatable bonds is 2. The van der Waals surface area contributed by atoms with Crippen molar-refractivity contribution in [3.63, 3.8) is 0 Å². The zero-order chi connectivity index (χ0) is 12.5. The van der Waals surface area contributed by atoms with Gasteiger partial charge in [0.15, 0.2) is 0 Å². The highest BCUT2D eigenvalue weighted by Crippen LogP contribution is 2.31. The average Bonchev–Trinajstić information content (AvgIpc) is 2.81. The number of aromatic nitrogens is 2. The van der Waals surface area contributed by atoms with Crippen molar-refractivity contribution in [2.45, 2.75) is 6.32 Å². The molecule has 1 N–H and O–H groups in total. The highest BCUT2D eigenvalue weighted by Gasteiger charge is 2.09. The zero-order valence-corrected chi connectivity index (χ0v) is 10.3. The van der Waals surface area contributed by atoms with E-state index in [-0.39, 0.29) is 5.75 Å². The highest BCUT2D eigenvalue weighted by atomic mass is 32.1. The van der Waals surface area contributed by atoms with Crippen molar-refractivity contribution in [1.29, 1.82) is 0 Å². The Morgan fingerprint density at radius 3 is 2.83 bits per heavy atom. The van der Waals surface area contributed by atoms with Crippen LogP contribution in [0.2, 0.25) is 0 Å². The van der Waals surface area contributed by atoms with Crippen LogP contribution in [0.5, 0.6) is 5.75 Å². The van der Waals surface area contributed by atoms with Gasteiger partial charge in [-0.25, -0.2) is 0 Å². The van der Waals surface area contributed by atoms with Gasteiger partial charge in [-0.05, 0) is 29.1 Å². The summed E-state index contributed by atoms with van der Waals surface area (Å²) in [5.74, 6) is 0.204. The molecule has 0 spiro atoms. The molecule has 3 aromatic rings. The van der Waals surface area contributed by atoms with E-state index in [0.29, 0.717) is 17.6 Å². The third-order valence-corrected chi connectivity index (χ3v) is 3.75. The van der Waals surface area contributed by atoms with Crippen LogP contribution in [0.25, 0.3) is 21.5 Å². The molecule has 86 valence electrons. The number of hydrogen-bond donors (Lipinski definition) is 1. The molecule has 0 unspecified atom stereocenters. The van der Waals surface area contributed by atoms with E-state index in [1.807, 2.05) is 23.6 Å².